The molecular formula is C29H36N4O5. The van der Waals surface area contributed by atoms with E-state index in [0.29, 0.717) is 25.2 Å². The van der Waals surface area contributed by atoms with Gasteiger partial charge in [0.1, 0.15) is 0 Å². The number of furan rings is 1. The molecule has 9 heteroatoms. The van der Waals surface area contributed by atoms with Gasteiger partial charge in [-0.2, -0.15) is 0 Å². The fourth-order valence-corrected chi connectivity index (χ4v) is 6.20. The van der Waals surface area contributed by atoms with Crippen LogP contribution in [0.25, 0.3) is 0 Å². The summed E-state index contributed by atoms with van der Waals surface area (Å²) in [5, 5.41) is 5.76. The number of carbonyl (C=O) groups excluding carboxylic acids is 4. The zero-order valence-electron chi connectivity index (χ0n) is 21.7. The van der Waals surface area contributed by atoms with E-state index in [9.17, 15) is 19.2 Å². The first-order valence-electron chi connectivity index (χ1n) is 13.7. The van der Waals surface area contributed by atoms with Crippen LogP contribution in [-0.2, 0) is 9.59 Å². The van der Waals surface area contributed by atoms with Gasteiger partial charge in [-0.15, -0.1) is 0 Å². The third kappa shape index (κ3) is 5.76. The first kappa shape index (κ1) is 26.0. The summed E-state index contributed by atoms with van der Waals surface area (Å²) >= 11 is 0. The van der Waals surface area contributed by atoms with Crippen LogP contribution in [0.3, 0.4) is 0 Å². The molecule has 3 fully saturated rings. The summed E-state index contributed by atoms with van der Waals surface area (Å²) < 4.78 is 5.07. The molecule has 4 amide bonds. The molecule has 3 aliphatic rings. The molecule has 1 saturated carbocycles. The van der Waals surface area contributed by atoms with Gasteiger partial charge in [-0.05, 0) is 61.8 Å². The van der Waals surface area contributed by atoms with Crippen LogP contribution in [-0.4, -0.2) is 72.2 Å². The number of likely N-dealkylation sites (tertiary alicyclic amines) is 2. The van der Waals surface area contributed by atoms with Gasteiger partial charge in [-0.1, -0.05) is 31.0 Å². The summed E-state index contributed by atoms with van der Waals surface area (Å²) in [5.41, 5.74) is 0.646. The maximum atomic E-state index is 13.6. The standard InChI is InChI=1S/C29H36N4O5/c34-25(19-30-27(36)24-11-6-18-38-24)32-15-12-29(13-16-32)14-17-33(20-29)28(37)22-9-4-5-10-23(22)31-26(35)21-7-2-1-3-8-21/h1-3,6-8,11,18,22-23H,4-5,9-10,12-17,19-20H2,(H,30,36)(H,31,35)/t22-,23+/m0/s1. The zero-order valence-corrected chi connectivity index (χ0v) is 21.7. The molecule has 2 saturated heterocycles. The highest BCUT2D eigenvalue weighted by molar-refractivity contribution is 5.95. The fraction of sp³-hybridized carbons (Fsp3) is 0.517. The van der Waals surface area contributed by atoms with Crippen LogP contribution in [0.2, 0.25) is 0 Å². The molecule has 2 aliphatic heterocycles. The highest BCUT2D eigenvalue weighted by Gasteiger charge is 2.45. The Morgan fingerprint density at radius 1 is 0.868 bits per heavy atom. The Bertz CT molecular complexity index is 1140. The lowest BCUT2D eigenvalue weighted by Crippen LogP contribution is -2.50. The average molecular weight is 521 g/mol. The number of hydrogen-bond donors (Lipinski definition) is 2. The lowest BCUT2D eigenvalue weighted by Gasteiger charge is -2.40. The van der Waals surface area contributed by atoms with Gasteiger partial charge in [0.15, 0.2) is 5.76 Å². The summed E-state index contributed by atoms with van der Waals surface area (Å²) in [6.07, 6.45) is 7.67. The Morgan fingerprint density at radius 2 is 1.58 bits per heavy atom. The lowest BCUT2D eigenvalue weighted by molar-refractivity contribution is -0.137. The van der Waals surface area contributed by atoms with Gasteiger partial charge in [0.25, 0.3) is 11.8 Å². The monoisotopic (exact) mass is 520 g/mol. The van der Waals surface area contributed by atoms with E-state index in [-0.39, 0.29) is 47.4 Å². The Kier molecular flexibility index (Phi) is 7.81. The topological polar surface area (TPSA) is 112 Å². The van der Waals surface area contributed by atoms with Crippen molar-refractivity contribution in [2.45, 2.75) is 51.0 Å². The zero-order chi connectivity index (χ0) is 26.5. The highest BCUT2D eigenvalue weighted by atomic mass is 16.3. The fourth-order valence-electron chi connectivity index (χ4n) is 6.20. The van der Waals surface area contributed by atoms with E-state index in [0.717, 1.165) is 51.5 Å². The molecule has 202 valence electrons. The van der Waals surface area contributed by atoms with Crippen molar-refractivity contribution in [3.63, 3.8) is 0 Å². The third-order valence-electron chi connectivity index (χ3n) is 8.51. The molecule has 3 heterocycles. The largest absolute Gasteiger partial charge is 0.459 e. The van der Waals surface area contributed by atoms with Crippen LogP contribution in [0.5, 0.6) is 0 Å². The van der Waals surface area contributed by atoms with Gasteiger partial charge in [-0.25, -0.2) is 0 Å². The number of nitrogens with zero attached hydrogens (tertiary/aromatic N) is 2. The van der Waals surface area contributed by atoms with Gasteiger partial charge in [0.2, 0.25) is 11.8 Å². The van der Waals surface area contributed by atoms with Gasteiger partial charge in [0.05, 0.1) is 18.7 Å². The number of carbonyl (C=O) groups is 4. The van der Waals surface area contributed by atoms with E-state index in [2.05, 4.69) is 10.6 Å². The second-order valence-corrected chi connectivity index (χ2v) is 10.9. The van der Waals surface area contributed by atoms with Gasteiger partial charge in [0, 0.05) is 37.8 Å². The molecule has 38 heavy (non-hydrogen) atoms. The smallest absolute Gasteiger partial charge is 0.287 e. The van der Waals surface area contributed by atoms with Crippen LogP contribution in [0.1, 0.15) is 65.9 Å². The number of rotatable bonds is 6. The Morgan fingerprint density at radius 3 is 2.29 bits per heavy atom. The van der Waals surface area contributed by atoms with Crippen molar-refractivity contribution in [1.29, 1.82) is 0 Å². The summed E-state index contributed by atoms with van der Waals surface area (Å²) in [6, 6.07) is 12.2. The van der Waals surface area contributed by atoms with E-state index in [1.54, 1.807) is 29.2 Å². The normalized spacial score (nSPS) is 22.7. The lowest BCUT2D eigenvalue weighted by atomic mass is 9.77. The van der Waals surface area contributed by atoms with E-state index in [4.69, 9.17) is 4.42 Å². The van der Waals surface area contributed by atoms with E-state index < -0.39 is 5.91 Å². The Labute approximate surface area is 222 Å². The molecule has 0 bridgehead atoms. The van der Waals surface area contributed by atoms with Gasteiger partial charge < -0.3 is 24.9 Å². The number of hydrogen-bond acceptors (Lipinski definition) is 5. The molecule has 0 unspecified atom stereocenters. The quantitative estimate of drug-likeness (QED) is 0.608. The number of benzene rings is 1. The molecular weight excluding hydrogens is 484 g/mol. The average Bonchev–Trinajstić information content (AvgIpc) is 3.64. The molecule has 0 radical (unpaired) electrons. The molecule has 2 aromatic rings. The Balaban J connectivity index is 1.12. The third-order valence-corrected chi connectivity index (χ3v) is 8.51. The first-order valence-corrected chi connectivity index (χ1v) is 13.7. The Hall–Kier alpha value is -3.62. The predicted octanol–water partition coefficient (Wildman–Crippen LogP) is 2.84. The van der Waals surface area contributed by atoms with Gasteiger partial charge in [-0.3, -0.25) is 19.2 Å². The summed E-state index contributed by atoms with van der Waals surface area (Å²) in [6.45, 7) is 2.61. The maximum Gasteiger partial charge on any atom is 0.287 e. The molecule has 1 aliphatic carbocycles. The molecule has 1 aromatic carbocycles. The molecule has 1 spiro atoms. The number of piperidine rings is 1. The van der Waals surface area contributed by atoms with Crippen molar-refractivity contribution in [2.24, 2.45) is 11.3 Å². The number of nitrogens with one attached hydrogen (secondary N) is 2. The summed E-state index contributed by atoms with van der Waals surface area (Å²) in [7, 11) is 0. The molecule has 9 nitrogen and oxygen atoms in total. The molecule has 1 aromatic heterocycles. The maximum absolute atomic E-state index is 13.6. The van der Waals surface area contributed by atoms with E-state index in [1.165, 1.54) is 6.26 Å². The minimum atomic E-state index is -0.400. The van der Waals surface area contributed by atoms with Crippen molar-refractivity contribution in [2.75, 3.05) is 32.7 Å². The molecule has 2 N–H and O–H groups in total. The first-order chi connectivity index (χ1) is 18.4. The van der Waals surface area contributed by atoms with E-state index in [1.807, 2.05) is 23.1 Å². The van der Waals surface area contributed by atoms with Crippen molar-refractivity contribution in [3.05, 3.63) is 60.1 Å². The molecule has 2 atom stereocenters. The van der Waals surface area contributed by atoms with Crippen molar-refractivity contribution in [1.82, 2.24) is 20.4 Å². The number of amides is 4. The van der Waals surface area contributed by atoms with Crippen molar-refractivity contribution < 1.29 is 23.6 Å². The summed E-state index contributed by atoms with van der Waals surface area (Å²) in [5.74, 6) is -0.478. The minimum Gasteiger partial charge on any atom is -0.459 e. The van der Waals surface area contributed by atoms with E-state index >= 15 is 0 Å². The summed E-state index contributed by atoms with van der Waals surface area (Å²) in [4.78, 5) is 54.9. The second kappa shape index (κ2) is 11.4. The van der Waals surface area contributed by atoms with Crippen LogP contribution in [0.15, 0.2) is 53.1 Å². The molecule has 5 rings (SSSR count). The van der Waals surface area contributed by atoms with Crippen molar-refractivity contribution in [3.8, 4) is 0 Å². The van der Waals surface area contributed by atoms with Crippen LogP contribution < -0.4 is 10.6 Å². The SMILES string of the molecule is O=C(N[C@@H]1CCCC[C@@H]1C(=O)N1CCC2(CCN(C(=O)CNC(=O)c3ccco3)CC2)C1)c1ccccc1. The predicted molar refractivity (Wildman–Crippen MR) is 140 cm³/mol. The van der Waals surface area contributed by atoms with Crippen LogP contribution in [0.4, 0.5) is 0 Å². The van der Waals surface area contributed by atoms with Crippen LogP contribution >= 0.6 is 0 Å². The minimum absolute atomic E-state index is 0.0291. The second-order valence-electron chi connectivity index (χ2n) is 10.9. The van der Waals surface area contributed by atoms with Crippen molar-refractivity contribution >= 4 is 23.6 Å². The van der Waals surface area contributed by atoms with Gasteiger partial charge >= 0.3 is 0 Å². The highest BCUT2D eigenvalue weighted by Crippen LogP contribution is 2.41. The van der Waals surface area contributed by atoms with Crippen LogP contribution in [0, 0.1) is 11.3 Å².